The number of para-hydroxylation sites is 1. The van der Waals surface area contributed by atoms with Gasteiger partial charge in [0, 0.05) is 30.5 Å². The first-order valence-corrected chi connectivity index (χ1v) is 8.78. The molecule has 1 aromatic heterocycles. The Morgan fingerprint density at radius 1 is 1.04 bits per heavy atom. The quantitative estimate of drug-likeness (QED) is 0.700. The molecule has 0 saturated heterocycles. The predicted molar refractivity (Wildman–Crippen MR) is 106 cm³/mol. The molecule has 0 unspecified atom stereocenters. The highest BCUT2D eigenvalue weighted by molar-refractivity contribution is 6.30. The van der Waals surface area contributed by atoms with Gasteiger partial charge in [0.15, 0.2) is 0 Å². The average molecular weight is 366 g/mol. The van der Waals surface area contributed by atoms with Gasteiger partial charge < -0.3 is 10.2 Å². The molecule has 0 spiro atoms. The van der Waals surface area contributed by atoms with Crippen molar-refractivity contribution < 1.29 is 4.79 Å². The van der Waals surface area contributed by atoms with Crippen molar-refractivity contribution in [3.05, 3.63) is 89.2 Å². The van der Waals surface area contributed by atoms with Crippen molar-refractivity contribution in [1.29, 1.82) is 0 Å². The van der Waals surface area contributed by atoms with Crippen LogP contribution >= 0.6 is 11.6 Å². The third-order valence-electron chi connectivity index (χ3n) is 4.11. The van der Waals surface area contributed by atoms with E-state index in [1.807, 2.05) is 72.6 Å². The van der Waals surface area contributed by atoms with E-state index in [-0.39, 0.29) is 5.91 Å². The average Bonchev–Trinajstić information content (AvgIpc) is 2.68. The molecule has 0 radical (unpaired) electrons. The summed E-state index contributed by atoms with van der Waals surface area (Å²) in [5.74, 6) is -0.136. The first kappa shape index (κ1) is 18.0. The molecular formula is C21H20ClN3O. The summed E-state index contributed by atoms with van der Waals surface area (Å²) in [5, 5.41) is 3.64. The van der Waals surface area contributed by atoms with Crippen molar-refractivity contribution >= 4 is 28.9 Å². The summed E-state index contributed by atoms with van der Waals surface area (Å²) in [4.78, 5) is 18.6. The number of aromatic nitrogens is 1. The first-order chi connectivity index (χ1) is 12.6. The number of amides is 1. The van der Waals surface area contributed by atoms with Crippen LogP contribution in [-0.4, -0.2) is 24.5 Å². The highest BCUT2D eigenvalue weighted by Crippen LogP contribution is 2.22. The van der Waals surface area contributed by atoms with Crippen LogP contribution in [0.25, 0.3) is 0 Å². The van der Waals surface area contributed by atoms with Gasteiger partial charge in [-0.15, -0.1) is 0 Å². The molecule has 3 aromatic rings. The van der Waals surface area contributed by atoms with Gasteiger partial charge in [-0.3, -0.25) is 9.78 Å². The zero-order valence-electron chi connectivity index (χ0n) is 14.5. The molecule has 0 aliphatic carbocycles. The summed E-state index contributed by atoms with van der Waals surface area (Å²) in [5.41, 5.74) is 3.52. The van der Waals surface area contributed by atoms with Gasteiger partial charge in [-0.05, 0) is 42.3 Å². The molecule has 0 bridgehead atoms. The van der Waals surface area contributed by atoms with E-state index in [1.54, 1.807) is 12.4 Å². The molecule has 1 amide bonds. The number of carbonyl (C=O) groups is 1. The zero-order chi connectivity index (χ0) is 18.4. The number of hydrogen-bond acceptors (Lipinski definition) is 3. The van der Waals surface area contributed by atoms with E-state index in [1.165, 1.54) is 0 Å². The number of rotatable bonds is 6. The second-order valence-corrected chi connectivity index (χ2v) is 6.40. The smallest absolute Gasteiger partial charge is 0.252 e. The molecule has 1 heterocycles. The minimum Gasteiger partial charge on any atom is -0.352 e. The second kappa shape index (κ2) is 8.50. The lowest BCUT2D eigenvalue weighted by molar-refractivity contribution is 0.0954. The van der Waals surface area contributed by atoms with E-state index in [9.17, 15) is 4.79 Å². The summed E-state index contributed by atoms with van der Waals surface area (Å²) >= 11 is 5.98. The van der Waals surface area contributed by atoms with E-state index in [2.05, 4.69) is 10.3 Å². The molecule has 132 valence electrons. The normalized spacial score (nSPS) is 10.4. The van der Waals surface area contributed by atoms with Gasteiger partial charge in [-0.1, -0.05) is 41.9 Å². The van der Waals surface area contributed by atoms with Crippen LogP contribution in [0.1, 0.15) is 15.9 Å². The molecule has 2 aromatic carbocycles. The number of benzene rings is 2. The number of anilines is 2. The van der Waals surface area contributed by atoms with Crippen molar-refractivity contribution in [3.63, 3.8) is 0 Å². The number of pyridine rings is 1. The fourth-order valence-corrected chi connectivity index (χ4v) is 2.86. The number of nitrogens with zero attached hydrogens (tertiary/aromatic N) is 2. The Bertz CT molecular complexity index is 883. The topological polar surface area (TPSA) is 45.2 Å². The van der Waals surface area contributed by atoms with Gasteiger partial charge in [0.05, 0.1) is 17.4 Å². The van der Waals surface area contributed by atoms with Crippen molar-refractivity contribution in [2.45, 2.75) is 6.42 Å². The standard InChI is InChI=1S/C21H20ClN3O/c1-25(19-8-3-2-4-9-19)20-13-17(14-23-15-20)21(26)24-11-10-16-6-5-7-18(22)12-16/h2-9,12-15H,10-11H2,1H3,(H,24,26). The number of carbonyl (C=O) groups excluding carboxylic acids is 1. The van der Waals surface area contributed by atoms with Crippen LogP contribution in [0.4, 0.5) is 11.4 Å². The Labute approximate surface area is 158 Å². The van der Waals surface area contributed by atoms with Crippen molar-refractivity contribution in [3.8, 4) is 0 Å². The Morgan fingerprint density at radius 2 is 1.85 bits per heavy atom. The van der Waals surface area contributed by atoms with Gasteiger partial charge in [0.2, 0.25) is 0 Å². The minimum atomic E-state index is -0.136. The molecule has 26 heavy (non-hydrogen) atoms. The van der Waals surface area contributed by atoms with Crippen LogP contribution in [0.3, 0.4) is 0 Å². The maximum Gasteiger partial charge on any atom is 0.252 e. The summed E-state index contributed by atoms with van der Waals surface area (Å²) in [6.45, 7) is 0.540. The Balaban J connectivity index is 1.63. The van der Waals surface area contributed by atoms with Gasteiger partial charge in [-0.2, -0.15) is 0 Å². The van der Waals surface area contributed by atoms with Crippen molar-refractivity contribution in [2.24, 2.45) is 0 Å². The molecular weight excluding hydrogens is 346 g/mol. The molecule has 3 rings (SSSR count). The molecule has 0 fully saturated rings. The lowest BCUT2D eigenvalue weighted by atomic mass is 10.1. The van der Waals surface area contributed by atoms with Crippen LogP contribution in [0.15, 0.2) is 73.1 Å². The molecule has 4 nitrogen and oxygen atoms in total. The van der Waals surface area contributed by atoms with E-state index in [0.29, 0.717) is 17.1 Å². The molecule has 0 aliphatic rings. The van der Waals surface area contributed by atoms with Crippen molar-refractivity contribution in [2.75, 3.05) is 18.5 Å². The van der Waals surface area contributed by atoms with Crippen LogP contribution in [0.5, 0.6) is 0 Å². The van der Waals surface area contributed by atoms with Gasteiger partial charge in [0.25, 0.3) is 5.91 Å². The SMILES string of the molecule is CN(c1ccccc1)c1cncc(C(=O)NCCc2cccc(Cl)c2)c1. The van der Waals surface area contributed by atoms with Crippen LogP contribution in [0.2, 0.25) is 5.02 Å². The number of halogens is 1. The monoisotopic (exact) mass is 365 g/mol. The predicted octanol–water partition coefficient (Wildman–Crippen LogP) is 4.48. The molecule has 5 heteroatoms. The third-order valence-corrected chi connectivity index (χ3v) is 4.34. The first-order valence-electron chi connectivity index (χ1n) is 8.40. The van der Waals surface area contributed by atoms with Gasteiger partial charge in [-0.25, -0.2) is 0 Å². The highest BCUT2D eigenvalue weighted by Gasteiger charge is 2.10. The van der Waals surface area contributed by atoms with E-state index < -0.39 is 0 Å². The summed E-state index contributed by atoms with van der Waals surface area (Å²) in [6.07, 6.45) is 4.05. The van der Waals surface area contributed by atoms with Crippen molar-refractivity contribution in [1.82, 2.24) is 10.3 Å². The van der Waals surface area contributed by atoms with E-state index >= 15 is 0 Å². The number of nitrogens with one attached hydrogen (secondary N) is 1. The molecule has 0 aliphatic heterocycles. The van der Waals surface area contributed by atoms with Crippen LogP contribution < -0.4 is 10.2 Å². The molecule has 0 saturated carbocycles. The number of hydrogen-bond donors (Lipinski definition) is 1. The summed E-state index contributed by atoms with van der Waals surface area (Å²) in [7, 11) is 1.95. The zero-order valence-corrected chi connectivity index (χ0v) is 15.3. The van der Waals surface area contributed by atoms with Gasteiger partial charge in [0.1, 0.15) is 0 Å². The minimum absolute atomic E-state index is 0.136. The Hall–Kier alpha value is -2.85. The fraction of sp³-hybridized carbons (Fsp3) is 0.143. The Morgan fingerprint density at radius 3 is 2.62 bits per heavy atom. The summed E-state index contributed by atoms with van der Waals surface area (Å²) < 4.78 is 0. The lowest BCUT2D eigenvalue weighted by Gasteiger charge is -2.19. The van der Waals surface area contributed by atoms with E-state index in [0.717, 1.165) is 23.4 Å². The maximum atomic E-state index is 12.4. The molecule has 0 atom stereocenters. The van der Waals surface area contributed by atoms with E-state index in [4.69, 9.17) is 11.6 Å². The fourth-order valence-electron chi connectivity index (χ4n) is 2.65. The molecule has 1 N–H and O–H groups in total. The van der Waals surface area contributed by atoms with Gasteiger partial charge >= 0.3 is 0 Å². The third kappa shape index (κ3) is 4.61. The highest BCUT2D eigenvalue weighted by atomic mass is 35.5. The summed E-state index contributed by atoms with van der Waals surface area (Å²) in [6, 6.07) is 19.4. The lowest BCUT2D eigenvalue weighted by Crippen LogP contribution is -2.26. The Kier molecular flexibility index (Phi) is 5.87. The second-order valence-electron chi connectivity index (χ2n) is 5.96. The largest absolute Gasteiger partial charge is 0.352 e. The van der Waals surface area contributed by atoms with Crippen LogP contribution in [0, 0.1) is 0 Å². The maximum absolute atomic E-state index is 12.4. The van der Waals surface area contributed by atoms with Crippen LogP contribution in [-0.2, 0) is 6.42 Å².